The molecule has 0 unspecified atom stereocenters. The number of benzene rings is 21. The molecular weight excluding hydrogens is 1760 g/mol. The first-order valence-corrected chi connectivity index (χ1v) is 48.7. The van der Waals surface area contributed by atoms with Crippen molar-refractivity contribution in [3.63, 3.8) is 0 Å². The van der Waals surface area contributed by atoms with Gasteiger partial charge in [-0.25, -0.2) is 44.9 Å². The molecule has 12 heteroatoms. The van der Waals surface area contributed by atoms with Gasteiger partial charge in [-0.2, -0.15) is 0 Å². The van der Waals surface area contributed by atoms with E-state index in [1.54, 1.807) is 11.3 Å². The Morgan fingerprint density at radius 2 is 0.390 bits per heavy atom. The molecule has 0 aliphatic rings. The highest BCUT2D eigenvalue weighted by Gasteiger charge is 2.23. The van der Waals surface area contributed by atoms with Gasteiger partial charge in [-0.15, -0.1) is 22.7 Å². The van der Waals surface area contributed by atoms with Gasteiger partial charge in [-0.3, -0.25) is 0 Å². The van der Waals surface area contributed by atoms with E-state index in [2.05, 4.69) is 382 Å². The van der Waals surface area contributed by atoms with Crippen LogP contribution in [0.1, 0.15) is 0 Å². The van der Waals surface area contributed by atoms with Crippen molar-refractivity contribution in [2.24, 2.45) is 0 Å². The quantitative estimate of drug-likeness (QED) is 0.0978. The van der Waals surface area contributed by atoms with E-state index < -0.39 is 0 Å². The fourth-order valence-electron chi connectivity index (χ4n) is 19.0. The van der Waals surface area contributed by atoms with Gasteiger partial charge in [0.25, 0.3) is 0 Å². The number of hydrogen-bond acceptors (Lipinski definition) is 12. The van der Waals surface area contributed by atoms with Crippen LogP contribution < -0.4 is 0 Å². The van der Waals surface area contributed by atoms with Crippen molar-refractivity contribution < 1.29 is 4.42 Å². The molecule has 6 heterocycles. The first kappa shape index (κ1) is 84.4. The molecular formula is C129H81N9OS2. The normalized spacial score (nSPS) is 11.4. The van der Waals surface area contributed by atoms with Crippen LogP contribution in [0.3, 0.4) is 0 Å². The van der Waals surface area contributed by atoms with Gasteiger partial charge in [0.1, 0.15) is 11.2 Å². The molecule has 141 heavy (non-hydrogen) atoms. The minimum Gasteiger partial charge on any atom is -0.456 e. The summed E-state index contributed by atoms with van der Waals surface area (Å²) in [6.07, 6.45) is 0. The molecule has 0 atom stereocenters. The van der Waals surface area contributed by atoms with Gasteiger partial charge in [-0.1, -0.05) is 382 Å². The van der Waals surface area contributed by atoms with Crippen LogP contribution in [0.5, 0.6) is 0 Å². The van der Waals surface area contributed by atoms with Crippen molar-refractivity contribution in [2.75, 3.05) is 0 Å². The van der Waals surface area contributed by atoms with Crippen molar-refractivity contribution in [3.8, 4) is 169 Å². The lowest BCUT2D eigenvalue weighted by Crippen LogP contribution is -2.00. The Bertz CT molecular complexity index is 9010. The van der Waals surface area contributed by atoms with Crippen LogP contribution in [0.4, 0.5) is 0 Å². The van der Waals surface area contributed by atoms with Crippen LogP contribution in [0.25, 0.3) is 264 Å². The lowest BCUT2D eigenvalue weighted by atomic mass is 9.94. The second-order valence-electron chi connectivity index (χ2n) is 35.1. The lowest BCUT2D eigenvalue weighted by molar-refractivity contribution is 0.669. The second-order valence-corrected chi connectivity index (χ2v) is 37.2. The predicted molar refractivity (Wildman–Crippen MR) is 587 cm³/mol. The SMILES string of the molecule is c1ccc(-c2cc(-c3ccc4ccccc4c3)cc(-c3nc(-c4ccccc4)nc(-c4ccc5c(c4)oc4ccccc45)n3)c2)cc1.c1ccc(-c2cc(-c3ccc4ccccc4c3)cc(-c3nc(-c4ccccc4)nc(-c4ccc5c(c4)sc4ccccc45)n3)c2)cc1.c1ccc(-c2cc(-c3ccccc3)cc(-c3nc(-c4ccccc4)nc(-c4ccc5c(ccc6c7ccccc7sc56)c4)n3)c2)cc1. The van der Waals surface area contributed by atoms with Crippen molar-refractivity contribution in [1.82, 2.24) is 44.9 Å². The van der Waals surface area contributed by atoms with Gasteiger partial charge >= 0.3 is 0 Å². The van der Waals surface area contributed by atoms with Crippen LogP contribution in [0.2, 0.25) is 0 Å². The summed E-state index contributed by atoms with van der Waals surface area (Å²) in [7, 11) is 0. The van der Waals surface area contributed by atoms with Crippen molar-refractivity contribution >= 4 is 117 Å². The first-order valence-electron chi connectivity index (χ1n) is 47.1. The molecule has 0 saturated carbocycles. The standard InChI is InChI=1S/C43H27N3O.2C43H27N3S/c1-3-11-28(12-4-1)34-24-35(32-20-19-29-13-7-8-16-31(29)23-32)26-36(25-34)43-45-41(30-14-5-2-6-15-30)44-42(46-43)33-21-22-38-37-17-9-10-18-39(37)47-40(38)27-33;1-4-12-28(13-5-1)33-25-34(29-14-6-2-7-15-29)27-35(26-33)43-45-41(30-16-8-3-9-17-30)44-42(46-43)32-21-22-36-31(24-32)20-23-38-37-18-10-11-19-39(37)47-40(36)38;1-3-11-28(12-4-1)34-24-35(32-20-19-29-13-7-8-16-31(29)23-32)26-36(25-34)43-45-41(30-14-5-2-6-15-30)44-42(46-43)33-21-22-38-37-17-9-10-18-39(37)47-40(38)27-33/h3*1-27H. The number of nitrogens with zero attached hydrogens (tertiary/aromatic N) is 9. The Labute approximate surface area is 821 Å². The summed E-state index contributed by atoms with van der Waals surface area (Å²) >= 11 is 3.65. The summed E-state index contributed by atoms with van der Waals surface area (Å²) < 4.78 is 11.3. The van der Waals surface area contributed by atoms with Gasteiger partial charge < -0.3 is 4.42 Å². The summed E-state index contributed by atoms with van der Waals surface area (Å²) in [6.45, 7) is 0. The molecule has 0 amide bonds. The highest BCUT2D eigenvalue weighted by molar-refractivity contribution is 7.27. The molecule has 0 radical (unpaired) electrons. The first-order chi connectivity index (χ1) is 69.8. The van der Waals surface area contributed by atoms with Crippen LogP contribution in [0, 0.1) is 0 Å². The van der Waals surface area contributed by atoms with Gasteiger partial charge in [0.2, 0.25) is 0 Å². The average Bonchev–Trinajstić information content (AvgIpc) is 1.30. The van der Waals surface area contributed by atoms with Gasteiger partial charge in [0.15, 0.2) is 52.4 Å². The van der Waals surface area contributed by atoms with Crippen LogP contribution in [-0.4, -0.2) is 44.9 Å². The molecule has 660 valence electrons. The van der Waals surface area contributed by atoms with Crippen molar-refractivity contribution in [1.29, 1.82) is 0 Å². The van der Waals surface area contributed by atoms with E-state index >= 15 is 0 Å². The molecule has 0 aliphatic heterocycles. The smallest absolute Gasteiger partial charge is 0.164 e. The van der Waals surface area contributed by atoms with Crippen molar-refractivity contribution in [3.05, 3.63) is 491 Å². The molecule has 6 aromatic heterocycles. The van der Waals surface area contributed by atoms with Crippen LogP contribution in [-0.2, 0) is 0 Å². The minimum absolute atomic E-state index is 0.591. The van der Waals surface area contributed by atoms with E-state index in [1.807, 2.05) is 121 Å². The average molecular weight is 1840 g/mol. The maximum atomic E-state index is 6.23. The van der Waals surface area contributed by atoms with Crippen LogP contribution in [0.15, 0.2) is 496 Å². The maximum Gasteiger partial charge on any atom is 0.164 e. The molecule has 21 aromatic carbocycles. The summed E-state index contributed by atoms with van der Waals surface area (Å²) in [6, 6.07) is 172. The third-order valence-electron chi connectivity index (χ3n) is 26.1. The summed E-state index contributed by atoms with van der Waals surface area (Å²) in [5, 5.41) is 14.6. The topological polar surface area (TPSA) is 129 Å². The Kier molecular flexibility index (Phi) is 22.2. The number of hydrogen-bond donors (Lipinski definition) is 0. The number of thiophene rings is 2. The molecule has 0 N–H and O–H groups in total. The molecule has 0 spiro atoms. The molecule has 0 bridgehead atoms. The van der Waals surface area contributed by atoms with Gasteiger partial charge in [0, 0.05) is 101 Å². The molecule has 0 aliphatic carbocycles. The van der Waals surface area contributed by atoms with Crippen LogP contribution >= 0.6 is 22.7 Å². The number of fused-ring (bicyclic) bond motifs is 13. The zero-order chi connectivity index (χ0) is 93.5. The number of para-hydroxylation sites is 1. The third-order valence-corrected chi connectivity index (χ3v) is 28.4. The lowest BCUT2D eigenvalue weighted by Gasteiger charge is -2.13. The highest BCUT2D eigenvalue weighted by atomic mass is 32.1. The molecule has 27 aromatic rings. The van der Waals surface area contributed by atoms with Gasteiger partial charge in [0.05, 0.1) is 0 Å². The third kappa shape index (κ3) is 17.2. The zero-order valence-corrected chi connectivity index (χ0v) is 77.6. The monoisotopic (exact) mass is 1840 g/mol. The van der Waals surface area contributed by atoms with Crippen molar-refractivity contribution in [2.45, 2.75) is 0 Å². The number of furan rings is 1. The number of rotatable bonds is 15. The number of aromatic nitrogens is 9. The largest absolute Gasteiger partial charge is 0.456 e. The zero-order valence-electron chi connectivity index (χ0n) is 76.0. The Morgan fingerprint density at radius 3 is 0.816 bits per heavy atom. The fraction of sp³-hybridized carbons (Fsp3) is 0. The minimum atomic E-state index is 0.591. The maximum absolute atomic E-state index is 6.23. The van der Waals surface area contributed by atoms with E-state index in [0.717, 1.165) is 139 Å². The highest BCUT2D eigenvalue weighted by Crippen LogP contribution is 2.45. The summed E-state index contributed by atoms with van der Waals surface area (Å²) in [5.74, 6) is 5.72. The van der Waals surface area contributed by atoms with E-state index in [9.17, 15) is 0 Å². The molecule has 0 fully saturated rings. The van der Waals surface area contributed by atoms with E-state index in [4.69, 9.17) is 49.3 Å². The predicted octanol–water partition coefficient (Wildman–Crippen LogP) is 34.7. The van der Waals surface area contributed by atoms with E-state index in [-0.39, 0.29) is 0 Å². The Balaban J connectivity index is 0.000000111. The van der Waals surface area contributed by atoms with E-state index in [0.29, 0.717) is 52.4 Å². The molecule has 10 nitrogen and oxygen atoms in total. The van der Waals surface area contributed by atoms with E-state index in [1.165, 1.54) is 72.7 Å². The van der Waals surface area contributed by atoms with Gasteiger partial charge in [-0.05, 0) is 208 Å². The summed E-state index contributed by atoms with van der Waals surface area (Å²) in [5.41, 5.74) is 23.6. The molecule has 0 saturated heterocycles. The Morgan fingerprint density at radius 1 is 0.128 bits per heavy atom. The second kappa shape index (κ2) is 37.1. The summed E-state index contributed by atoms with van der Waals surface area (Å²) in [4.78, 5) is 45.7. The Hall–Kier alpha value is -18.3. The molecule has 27 rings (SSSR count). The fourth-order valence-corrected chi connectivity index (χ4v) is 21.3.